The molecule has 1 fully saturated rings. The third-order valence-corrected chi connectivity index (χ3v) is 6.24. The third kappa shape index (κ3) is 5.91. The number of morpholine rings is 1. The molecule has 0 saturated carbocycles. The summed E-state index contributed by atoms with van der Waals surface area (Å²) in [5.41, 5.74) is 1.49. The van der Waals surface area contributed by atoms with E-state index in [2.05, 4.69) is 11.1 Å². The summed E-state index contributed by atoms with van der Waals surface area (Å²) in [4.78, 5) is 18.7. The van der Waals surface area contributed by atoms with E-state index in [4.69, 9.17) is 25.8 Å². The van der Waals surface area contributed by atoms with E-state index in [1.54, 1.807) is 16.2 Å². The lowest BCUT2D eigenvalue weighted by Gasteiger charge is -2.34. The molecule has 170 valence electrons. The molecule has 0 spiro atoms. The zero-order valence-corrected chi connectivity index (χ0v) is 20.0. The van der Waals surface area contributed by atoms with Crippen LogP contribution in [0.2, 0.25) is 5.02 Å². The quantitative estimate of drug-likeness (QED) is 0.474. The summed E-state index contributed by atoms with van der Waals surface area (Å²) < 4.78 is 18.4. The van der Waals surface area contributed by atoms with Crippen LogP contribution in [0.5, 0.6) is 5.75 Å². The fourth-order valence-electron chi connectivity index (χ4n) is 3.51. The summed E-state index contributed by atoms with van der Waals surface area (Å²) in [7, 11) is 0. The Morgan fingerprint density at radius 1 is 1.28 bits per heavy atom. The van der Waals surface area contributed by atoms with Crippen LogP contribution < -0.4 is 4.74 Å². The number of thiazole rings is 1. The maximum absolute atomic E-state index is 12.4. The first-order valence-electron chi connectivity index (χ1n) is 10.6. The number of ether oxygens (including phenoxy) is 3. The van der Waals surface area contributed by atoms with Gasteiger partial charge in [0.05, 0.1) is 34.5 Å². The van der Waals surface area contributed by atoms with Crippen LogP contribution in [0, 0.1) is 0 Å². The van der Waals surface area contributed by atoms with E-state index in [0.717, 1.165) is 20.8 Å². The van der Waals surface area contributed by atoms with Crippen molar-refractivity contribution in [3.8, 4) is 5.75 Å². The number of aromatic nitrogens is 1. The molecule has 0 aliphatic carbocycles. The molecule has 32 heavy (non-hydrogen) atoms. The highest BCUT2D eigenvalue weighted by Crippen LogP contribution is 2.29. The van der Waals surface area contributed by atoms with Crippen LogP contribution in [-0.4, -0.2) is 47.4 Å². The van der Waals surface area contributed by atoms with Crippen molar-refractivity contribution in [2.45, 2.75) is 45.5 Å². The van der Waals surface area contributed by atoms with Gasteiger partial charge in [-0.15, -0.1) is 11.3 Å². The third-order valence-electron chi connectivity index (χ3n) is 4.94. The molecule has 6 nitrogen and oxygen atoms in total. The number of hydrogen-bond acceptors (Lipinski definition) is 6. The molecule has 2 heterocycles. The first-order chi connectivity index (χ1) is 15.3. The van der Waals surface area contributed by atoms with E-state index < -0.39 is 5.60 Å². The molecule has 1 aromatic heterocycles. The standard InChI is InChI=1S/C24H27ClN2O4S/c1-24(2,3)31-23(28)27-10-11-29-17(14-27)12-16-8-9-20(18(25)13-16)30-15-22-26-19-6-4-5-7-21(19)32-22/h4-9,13,17H,10-12,14-15H2,1-3H3/t17-/m1/s1. The second kappa shape index (κ2) is 9.65. The predicted octanol–water partition coefficient (Wildman–Crippen LogP) is 5.71. The van der Waals surface area contributed by atoms with E-state index in [-0.39, 0.29) is 12.2 Å². The summed E-state index contributed by atoms with van der Waals surface area (Å²) in [6.07, 6.45) is 0.237. The van der Waals surface area contributed by atoms with Crippen molar-refractivity contribution in [2.24, 2.45) is 0 Å². The fourth-order valence-corrected chi connectivity index (χ4v) is 4.65. The Morgan fingerprint density at radius 3 is 2.84 bits per heavy atom. The minimum atomic E-state index is -0.514. The van der Waals surface area contributed by atoms with Crippen molar-refractivity contribution in [2.75, 3.05) is 19.7 Å². The number of benzene rings is 2. The second-order valence-electron chi connectivity index (χ2n) is 8.75. The average molecular weight is 475 g/mol. The van der Waals surface area contributed by atoms with Crippen molar-refractivity contribution in [3.63, 3.8) is 0 Å². The highest BCUT2D eigenvalue weighted by molar-refractivity contribution is 7.18. The molecule has 0 bridgehead atoms. The maximum Gasteiger partial charge on any atom is 0.410 e. The number of carbonyl (C=O) groups excluding carboxylic acids is 1. The lowest BCUT2D eigenvalue weighted by atomic mass is 10.1. The zero-order chi connectivity index (χ0) is 22.7. The molecule has 0 unspecified atom stereocenters. The van der Waals surface area contributed by atoms with Gasteiger partial charge in [0.15, 0.2) is 0 Å². The molecular formula is C24H27ClN2O4S. The van der Waals surface area contributed by atoms with Gasteiger partial charge >= 0.3 is 6.09 Å². The first-order valence-corrected chi connectivity index (χ1v) is 11.8. The molecule has 1 saturated heterocycles. The number of fused-ring (bicyclic) bond motifs is 1. The van der Waals surface area contributed by atoms with Crippen LogP contribution >= 0.6 is 22.9 Å². The van der Waals surface area contributed by atoms with Crippen LogP contribution in [0.3, 0.4) is 0 Å². The molecule has 1 aliphatic heterocycles. The van der Waals surface area contributed by atoms with Crippen LogP contribution in [0.15, 0.2) is 42.5 Å². The number of para-hydroxylation sites is 1. The number of nitrogens with zero attached hydrogens (tertiary/aromatic N) is 2. The molecule has 1 aliphatic rings. The monoisotopic (exact) mass is 474 g/mol. The van der Waals surface area contributed by atoms with Crippen molar-refractivity contribution >= 4 is 39.2 Å². The Bertz CT molecular complexity index is 1060. The first kappa shape index (κ1) is 22.8. The van der Waals surface area contributed by atoms with Gasteiger partial charge in [-0.25, -0.2) is 9.78 Å². The van der Waals surface area contributed by atoms with Crippen LogP contribution in [0.25, 0.3) is 10.2 Å². The van der Waals surface area contributed by atoms with Crippen LogP contribution in [0.1, 0.15) is 31.3 Å². The fraction of sp³-hybridized carbons (Fsp3) is 0.417. The normalized spacial score (nSPS) is 16.9. The summed E-state index contributed by atoms with van der Waals surface area (Å²) in [5, 5.41) is 1.45. The maximum atomic E-state index is 12.4. The minimum absolute atomic E-state index is 0.109. The van der Waals surface area contributed by atoms with Gasteiger partial charge in [-0.2, -0.15) is 0 Å². The SMILES string of the molecule is CC(C)(C)OC(=O)N1CCO[C@H](Cc2ccc(OCc3nc4ccccc4s3)c(Cl)c2)C1. The Kier molecular flexibility index (Phi) is 6.88. The van der Waals surface area contributed by atoms with Crippen molar-refractivity contribution in [3.05, 3.63) is 58.1 Å². The Balaban J connectivity index is 1.34. The highest BCUT2D eigenvalue weighted by atomic mass is 35.5. The summed E-state index contributed by atoms with van der Waals surface area (Å²) in [6, 6.07) is 13.8. The number of carbonyl (C=O) groups is 1. The highest BCUT2D eigenvalue weighted by Gasteiger charge is 2.28. The van der Waals surface area contributed by atoms with Crippen LogP contribution in [-0.2, 0) is 22.5 Å². The van der Waals surface area contributed by atoms with Gasteiger partial charge in [0.2, 0.25) is 0 Å². The van der Waals surface area contributed by atoms with E-state index in [9.17, 15) is 4.79 Å². The minimum Gasteiger partial charge on any atom is -0.485 e. The van der Waals surface area contributed by atoms with Crippen LogP contribution in [0.4, 0.5) is 4.79 Å². The van der Waals surface area contributed by atoms with E-state index >= 15 is 0 Å². The summed E-state index contributed by atoms with van der Waals surface area (Å²) >= 11 is 8.09. The van der Waals surface area contributed by atoms with Gasteiger partial charge in [-0.05, 0) is 50.6 Å². The lowest BCUT2D eigenvalue weighted by molar-refractivity contribution is -0.0415. The Labute approximate surface area is 197 Å². The molecule has 1 atom stereocenters. The molecule has 4 rings (SSSR count). The van der Waals surface area contributed by atoms with Crippen molar-refractivity contribution in [1.29, 1.82) is 0 Å². The predicted molar refractivity (Wildman–Crippen MR) is 127 cm³/mol. The molecule has 2 aromatic carbocycles. The van der Waals surface area contributed by atoms with Gasteiger partial charge in [0.1, 0.15) is 23.0 Å². The van der Waals surface area contributed by atoms with Gasteiger partial charge in [0.25, 0.3) is 0 Å². The Morgan fingerprint density at radius 2 is 2.09 bits per heavy atom. The van der Waals surface area contributed by atoms with Gasteiger partial charge in [-0.1, -0.05) is 29.8 Å². The molecule has 0 radical (unpaired) electrons. The molecule has 8 heteroatoms. The topological polar surface area (TPSA) is 60.9 Å². The van der Waals surface area contributed by atoms with E-state index in [1.807, 2.05) is 57.2 Å². The van der Waals surface area contributed by atoms with E-state index in [1.165, 1.54) is 0 Å². The van der Waals surface area contributed by atoms with Crippen molar-refractivity contribution in [1.82, 2.24) is 9.88 Å². The second-order valence-corrected chi connectivity index (χ2v) is 10.3. The molecule has 1 amide bonds. The van der Waals surface area contributed by atoms with E-state index in [0.29, 0.717) is 43.5 Å². The summed E-state index contributed by atoms with van der Waals surface area (Å²) in [6.45, 7) is 7.48. The molecular weight excluding hydrogens is 448 g/mol. The Hall–Kier alpha value is -2.35. The zero-order valence-electron chi connectivity index (χ0n) is 18.5. The summed E-state index contributed by atoms with van der Waals surface area (Å²) in [5.74, 6) is 0.620. The van der Waals surface area contributed by atoms with Gasteiger partial charge < -0.3 is 19.1 Å². The smallest absolute Gasteiger partial charge is 0.410 e. The molecule has 0 N–H and O–H groups in total. The number of hydrogen-bond donors (Lipinski definition) is 0. The lowest BCUT2D eigenvalue weighted by Crippen LogP contribution is -2.48. The largest absolute Gasteiger partial charge is 0.485 e. The number of amides is 1. The number of halogens is 1. The number of rotatable bonds is 5. The molecule has 3 aromatic rings. The van der Waals surface area contributed by atoms with Crippen molar-refractivity contribution < 1.29 is 19.0 Å². The average Bonchev–Trinajstić information content (AvgIpc) is 3.15. The van der Waals surface area contributed by atoms with Gasteiger partial charge in [0, 0.05) is 13.0 Å². The van der Waals surface area contributed by atoms with Gasteiger partial charge in [-0.3, -0.25) is 0 Å².